The molecule has 0 bridgehead atoms. The number of aromatic nitrogens is 4. The molecule has 0 N–H and O–H groups in total. The van der Waals surface area contributed by atoms with Crippen LogP contribution in [0, 0.1) is 0 Å². The van der Waals surface area contributed by atoms with Crippen LogP contribution in [0.15, 0.2) is 170 Å². The van der Waals surface area contributed by atoms with Gasteiger partial charge in [-0.3, -0.25) is 0 Å². The van der Waals surface area contributed by atoms with Gasteiger partial charge in [-0.25, -0.2) is 15.0 Å². The molecular formula is C45H28N4S. The van der Waals surface area contributed by atoms with Crippen LogP contribution in [0.1, 0.15) is 0 Å². The first-order chi connectivity index (χ1) is 24.8. The number of nitrogens with zero attached hydrogens (tertiary/aromatic N) is 4. The maximum absolute atomic E-state index is 5.10. The highest BCUT2D eigenvalue weighted by atomic mass is 32.1. The first-order valence-electron chi connectivity index (χ1n) is 16.7. The standard InChI is InChI=1S/C45H28N4S/c1-3-11-29(12-4-1)30-19-21-32(22-20-30)44-46-43(31-13-5-2-6-14-31)47-45(48-44)33-23-25-36-35-15-7-9-17-39(35)49(40(36)27-33)34-24-26-38-37-16-8-10-18-41(37)50-42(38)28-34/h1-28H. The van der Waals surface area contributed by atoms with Crippen molar-refractivity contribution >= 4 is 53.3 Å². The van der Waals surface area contributed by atoms with E-state index in [1.807, 2.05) is 47.7 Å². The number of benzene rings is 7. The van der Waals surface area contributed by atoms with Crippen LogP contribution >= 0.6 is 11.3 Å². The summed E-state index contributed by atoms with van der Waals surface area (Å²) in [5.74, 6) is 1.93. The second-order valence-electron chi connectivity index (χ2n) is 12.5. The number of rotatable bonds is 5. The predicted octanol–water partition coefficient (Wildman–Crippen LogP) is 12.0. The molecule has 50 heavy (non-hydrogen) atoms. The fourth-order valence-electron chi connectivity index (χ4n) is 7.03. The summed E-state index contributed by atoms with van der Waals surface area (Å²) in [4.78, 5) is 15.1. The van der Waals surface area contributed by atoms with Gasteiger partial charge in [-0.2, -0.15) is 0 Å². The van der Waals surface area contributed by atoms with Gasteiger partial charge in [0.05, 0.1) is 11.0 Å². The van der Waals surface area contributed by atoms with Gasteiger partial charge >= 0.3 is 0 Å². The molecule has 0 aliphatic heterocycles. The van der Waals surface area contributed by atoms with Crippen molar-refractivity contribution in [3.05, 3.63) is 170 Å². The van der Waals surface area contributed by atoms with Crippen LogP contribution in [-0.4, -0.2) is 19.5 Å². The number of hydrogen-bond donors (Lipinski definition) is 0. The minimum atomic E-state index is 0.639. The van der Waals surface area contributed by atoms with Crippen molar-refractivity contribution in [2.75, 3.05) is 0 Å². The van der Waals surface area contributed by atoms with Crippen LogP contribution < -0.4 is 0 Å². The molecule has 0 aliphatic rings. The monoisotopic (exact) mass is 656 g/mol. The summed E-state index contributed by atoms with van der Waals surface area (Å²) in [5, 5.41) is 5.00. The second-order valence-corrected chi connectivity index (χ2v) is 13.6. The highest BCUT2D eigenvalue weighted by Gasteiger charge is 2.17. The van der Waals surface area contributed by atoms with Crippen molar-refractivity contribution in [3.8, 4) is 51.0 Å². The Bertz CT molecular complexity index is 2850. The highest BCUT2D eigenvalue weighted by Crippen LogP contribution is 2.39. The lowest BCUT2D eigenvalue weighted by molar-refractivity contribution is 1.07. The molecule has 0 saturated heterocycles. The summed E-state index contributed by atoms with van der Waals surface area (Å²) in [6, 6.07) is 59.7. The number of fused-ring (bicyclic) bond motifs is 6. The Labute approximate surface area is 292 Å². The molecule has 0 spiro atoms. The summed E-state index contributed by atoms with van der Waals surface area (Å²) < 4.78 is 4.96. The number of para-hydroxylation sites is 1. The quantitative estimate of drug-likeness (QED) is 0.185. The third-order valence-electron chi connectivity index (χ3n) is 9.47. The van der Waals surface area contributed by atoms with Gasteiger partial charge in [0.1, 0.15) is 0 Å². The van der Waals surface area contributed by atoms with Crippen LogP contribution in [0.2, 0.25) is 0 Å². The van der Waals surface area contributed by atoms with E-state index in [1.165, 1.54) is 42.0 Å². The second kappa shape index (κ2) is 11.6. The molecule has 0 atom stereocenters. The third kappa shape index (κ3) is 4.79. The first kappa shape index (κ1) is 28.6. The van der Waals surface area contributed by atoms with E-state index in [9.17, 15) is 0 Å². The van der Waals surface area contributed by atoms with Gasteiger partial charge in [0.15, 0.2) is 17.5 Å². The fraction of sp³-hybridized carbons (Fsp3) is 0. The molecule has 234 valence electrons. The van der Waals surface area contributed by atoms with Crippen molar-refractivity contribution in [3.63, 3.8) is 0 Å². The van der Waals surface area contributed by atoms with Gasteiger partial charge in [0.25, 0.3) is 0 Å². The zero-order valence-electron chi connectivity index (χ0n) is 26.9. The van der Waals surface area contributed by atoms with E-state index in [4.69, 9.17) is 15.0 Å². The van der Waals surface area contributed by atoms with Gasteiger partial charge in [0.2, 0.25) is 0 Å². The van der Waals surface area contributed by atoms with Crippen LogP contribution in [0.5, 0.6) is 0 Å². The zero-order chi connectivity index (χ0) is 33.0. The lowest BCUT2D eigenvalue weighted by Gasteiger charge is -2.11. The topological polar surface area (TPSA) is 43.6 Å². The summed E-state index contributed by atoms with van der Waals surface area (Å²) in [5.41, 5.74) is 8.56. The molecule has 3 heterocycles. The molecule has 0 radical (unpaired) electrons. The molecule has 3 aromatic heterocycles. The van der Waals surface area contributed by atoms with E-state index in [-0.39, 0.29) is 0 Å². The lowest BCUT2D eigenvalue weighted by atomic mass is 10.0. The van der Waals surface area contributed by atoms with E-state index in [0.29, 0.717) is 17.5 Å². The molecule has 0 aliphatic carbocycles. The average Bonchev–Trinajstić information content (AvgIpc) is 3.73. The minimum absolute atomic E-state index is 0.639. The third-order valence-corrected chi connectivity index (χ3v) is 10.6. The number of thiophene rings is 1. The molecule has 0 unspecified atom stereocenters. The van der Waals surface area contributed by atoms with Crippen LogP contribution in [0.25, 0.3) is 93.0 Å². The van der Waals surface area contributed by atoms with Gasteiger partial charge in [-0.1, -0.05) is 140 Å². The van der Waals surface area contributed by atoms with Gasteiger partial charge in [0, 0.05) is 53.3 Å². The molecular weight excluding hydrogens is 629 g/mol. The van der Waals surface area contributed by atoms with E-state index in [1.54, 1.807) is 0 Å². The van der Waals surface area contributed by atoms with Crippen molar-refractivity contribution < 1.29 is 0 Å². The van der Waals surface area contributed by atoms with Crippen LogP contribution in [0.4, 0.5) is 0 Å². The SMILES string of the molecule is c1ccc(-c2ccc(-c3nc(-c4ccccc4)nc(-c4ccc5c6ccccc6n(-c6ccc7c(c6)sc6ccccc67)c5c4)n3)cc2)cc1. The Morgan fingerprint density at radius 3 is 1.60 bits per heavy atom. The Morgan fingerprint density at radius 1 is 0.340 bits per heavy atom. The molecule has 5 heteroatoms. The average molecular weight is 657 g/mol. The summed E-state index contributed by atoms with van der Waals surface area (Å²) >= 11 is 1.84. The molecule has 0 amide bonds. The largest absolute Gasteiger partial charge is 0.309 e. The zero-order valence-corrected chi connectivity index (χ0v) is 27.7. The summed E-state index contributed by atoms with van der Waals surface area (Å²) in [6.07, 6.45) is 0. The Hall–Kier alpha value is -6.43. The molecule has 0 fully saturated rings. The Balaban J connectivity index is 1.15. The molecule has 10 rings (SSSR count). The van der Waals surface area contributed by atoms with E-state index in [0.717, 1.165) is 33.5 Å². The molecule has 0 saturated carbocycles. The minimum Gasteiger partial charge on any atom is -0.309 e. The van der Waals surface area contributed by atoms with E-state index < -0.39 is 0 Å². The molecule has 4 nitrogen and oxygen atoms in total. The molecule has 7 aromatic carbocycles. The van der Waals surface area contributed by atoms with Crippen LogP contribution in [-0.2, 0) is 0 Å². The van der Waals surface area contributed by atoms with Crippen LogP contribution in [0.3, 0.4) is 0 Å². The summed E-state index contributed by atoms with van der Waals surface area (Å²) in [6.45, 7) is 0. The first-order valence-corrected chi connectivity index (χ1v) is 17.5. The van der Waals surface area contributed by atoms with Crippen molar-refractivity contribution in [1.82, 2.24) is 19.5 Å². The smallest absolute Gasteiger partial charge is 0.164 e. The Morgan fingerprint density at radius 2 is 0.840 bits per heavy atom. The van der Waals surface area contributed by atoms with Crippen molar-refractivity contribution in [1.29, 1.82) is 0 Å². The predicted molar refractivity (Wildman–Crippen MR) is 209 cm³/mol. The summed E-state index contributed by atoms with van der Waals surface area (Å²) in [7, 11) is 0. The van der Waals surface area contributed by atoms with E-state index >= 15 is 0 Å². The maximum atomic E-state index is 5.10. The fourth-order valence-corrected chi connectivity index (χ4v) is 8.17. The van der Waals surface area contributed by atoms with Crippen molar-refractivity contribution in [2.45, 2.75) is 0 Å². The van der Waals surface area contributed by atoms with Crippen molar-refractivity contribution in [2.24, 2.45) is 0 Å². The number of hydrogen-bond acceptors (Lipinski definition) is 4. The van der Waals surface area contributed by atoms with Gasteiger partial charge < -0.3 is 4.57 Å². The van der Waals surface area contributed by atoms with Gasteiger partial charge in [-0.15, -0.1) is 11.3 Å². The molecule has 10 aromatic rings. The normalized spacial score (nSPS) is 11.6. The van der Waals surface area contributed by atoms with Gasteiger partial charge in [-0.05, 0) is 41.5 Å². The Kier molecular flexibility index (Phi) is 6.64. The van der Waals surface area contributed by atoms with E-state index in [2.05, 4.69) is 138 Å². The maximum Gasteiger partial charge on any atom is 0.164 e. The lowest BCUT2D eigenvalue weighted by Crippen LogP contribution is -2.00. The highest BCUT2D eigenvalue weighted by molar-refractivity contribution is 7.25.